The van der Waals surface area contributed by atoms with Crippen LogP contribution in [-0.4, -0.2) is 36.9 Å². The number of aryl methyl sites for hydroxylation is 1. The summed E-state index contributed by atoms with van der Waals surface area (Å²) >= 11 is 0. The molecule has 0 bridgehead atoms. The molecule has 1 saturated heterocycles. The molecule has 0 radical (unpaired) electrons. The highest BCUT2D eigenvalue weighted by Gasteiger charge is 2.31. The molecule has 1 aliphatic rings. The zero-order valence-corrected chi connectivity index (χ0v) is 13.0. The molecule has 1 heterocycles. The standard InChI is InChI=1S/C14H20N2O4S/c1-10-4-3-5-13(11(10)2)15-21(19,20)16-8-6-12(7-9-16)14(17)18/h3-5,12,15H,6-9H2,1-2H3,(H,17,18). The van der Waals surface area contributed by atoms with Gasteiger partial charge in [0.05, 0.1) is 11.6 Å². The van der Waals surface area contributed by atoms with Crippen LogP contribution in [0.15, 0.2) is 18.2 Å². The molecule has 1 fully saturated rings. The number of hydrogen-bond acceptors (Lipinski definition) is 3. The van der Waals surface area contributed by atoms with Crippen molar-refractivity contribution in [3.63, 3.8) is 0 Å². The van der Waals surface area contributed by atoms with Crippen molar-refractivity contribution >= 4 is 21.9 Å². The normalized spacial score (nSPS) is 17.6. The second kappa shape index (κ2) is 6.03. The Morgan fingerprint density at radius 3 is 2.48 bits per heavy atom. The average Bonchev–Trinajstić information content (AvgIpc) is 2.44. The number of piperidine rings is 1. The van der Waals surface area contributed by atoms with Gasteiger partial charge in [0.1, 0.15) is 0 Å². The Bertz CT molecular complexity index is 634. The Kier molecular flexibility index (Phi) is 4.53. The molecule has 6 nitrogen and oxygen atoms in total. The van der Waals surface area contributed by atoms with Crippen molar-refractivity contribution in [2.75, 3.05) is 17.8 Å². The van der Waals surface area contributed by atoms with Crippen molar-refractivity contribution in [1.29, 1.82) is 0 Å². The SMILES string of the molecule is Cc1cccc(NS(=O)(=O)N2CCC(C(=O)O)CC2)c1C. The molecule has 0 amide bonds. The number of carboxylic acid groups (broad SMARTS) is 1. The summed E-state index contributed by atoms with van der Waals surface area (Å²) in [6.07, 6.45) is 0.700. The van der Waals surface area contributed by atoms with Crippen LogP contribution >= 0.6 is 0 Å². The molecule has 0 unspecified atom stereocenters. The van der Waals surface area contributed by atoms with E-state index in [2.05, 4.69) is 4.72 Å². The lowest BCUT2D eigenvalue weighted by Crippen LogP contribution is -2.43. The number of nitrogens with zero attached hydrogens (tertiary/aromatic N) is 1. The number of benzene rings is 1. The zero-order chi connectivity index (χ0) is 15.6. The van der Waals surface area contributed by atoms with Crippen molar-refractivity contribution in [1.82, 2.24) is 4.31 Å². The van der Waals surface area contributed by atoms with E-state index in [1.807, 2.05) is 19.9 Å². The number of carbonyl (C=O) groups is 1. The molecule has 0 saturated carbocycles. The molecule has 1 aliphatic heterocycles. The lowest BCUT2D eigenvalue weighted by Gasteiger charge is -2.29. The van der Waals surface area contributed by atoms with E-state index in [9.17, 15) is 13.2 Å². The molecule has 116 valence electrons. The minimum absolute atomic E-state index is 0.233. The van der Waals surface area contributed by atoms with Crippen LogP contribution < -0.4 is 4.72 Å². The lowest BCUT2D eigenvalue weighted by atomic mass is 9.99. The van der Waals surface area contributed by atoms with Crippen LogP contribution in [0.4, 0.5) is 5.69 Å². The van der Waals surface area contributed by atoms with Gasteiger partial charge in [0.2, 0.25) is 0 Å². The van der Waals surface area contributed by atoms with Crippen LogP contribution in [-0.2, 0) is 15.0 Å². The molecule has 0 aromatic heterocycles. The maximum absolute atomic E-state index is 12.4. The van der Waals surface area contributed by atoms with Gasteiger partial charge in [0.25, 0.3) is 0 Å². The predicted octanol–water partition coefficient (Wildman–Crippen LogP) is 1.76. The Morgan fingerprint density at radius 2 is 1.90 bits per heavy atom. The van der Waals surface area contributed by atoms with Crippen molar-refractivity contribution < 1.29 is 18.3 Å². The number of anilines is 1. The smallest absolute Gasteiger partial charge is 0.306 e. The van der Waals surface area contributed by atoms with Gasteiger partial charge in [-0.2, -0.15) is 12.7 Å². The maximum atomic E-state index is 12.4. The minimum atomic E-state index is -3.63. The third-order valence-electron chi connectivity index (χ3n) is 3.99. The predicted molar refractivity (Wildman–Crippen MR) is 80.4 cm³/mol. The molecule has 0 aliphatic carbocycles. The van der Waals surface area contributed by atoms with Crippen molar-refractivity contribution in [2.24, 2.45) is 5.92 Å². The summed E-state index contributed by atoms with van der Waals surface area (Å²) in [5, 5.41) is 8.95. The summed E-state index contributed by atoms with van der Waals surface area (Å²) < 4.78 is 28.6. The van der Waals surface area contributed by atoms with Gasteiger partial charge in [-0.1, -0.05) is 12.1 Å². The van der Waals surface area contributed by atoms with E-state index < -0.39 is 22.1 Å². The van der Waals surface area contributed by atoms with Gasteiger partial charge < -0.3 is 5.11 Å². The molecule has 0 atom stereocenters. The summed E-state index contributed by atoms with van der Waals surface area (Å²) in [5.41, 5.74) is 2.47. The summed E-state index contributed by atoms with van der Waals surface area (Å²) in [6.45, 7) is 4.25. The lowest BCUT2D eigenvalue weighted by molar-refractivity contribution is -0.142. The fraction of sp³-hybridized carbons (Fsp3) is 0.500. The first-order valence-corrected chi connectivity index (χ1v) is 8.32. The van der Waals surface area contributed by atoms with E-state index in [1.54, 1.807) is 12.1 Å². The Morgan fingerprint density at radius 1 is 1.29 bits per heavy atom. The Hall–Kier alpha value is -1.60. The third-order valence-corrected chi connectivity index (χ3v) is 5.51. The molecule has 21 heavy (non-hydrogen) atoms. The van der Waals surface area contributed by atoms with Crippen LogP contribution in [0.1, 0.15) is 24.0 Å². The van der Waals surface area contributed by atoms with Gasteiger partial charge in [0.15, 0.2) is 0 Å². The van der Waals surface area contributed by atoms with E-state index in [-0.39, 0.29) is 13.1 Å². The molecule has 2 N–H and O–H groups in total. The Labute approximate surface area is 125 Å². The van der Waals surface area contributed by atoms with Gasteiger partial charge in [-0.15, -0.1) is 0 Å². The van der Waals surface area contributed by atoms with Crippen LogP contribution in [0.5, 0.6) is 0 Å². The Balaban J connectivity index is 2.09. The summed E-state index contributed by atoms with van der Waals surface area (Å²) in [5.74, 6) is -1.30. The number of carboxylic acids is 1. The van der Waals surface area contributed by atoms with Gasteiger partial charge in [-0.25, -0.2) is 0 Å². The van der Waals surface area contributed by atoms with E-state index in [1.165, 1.54) is 4.31 Å². The van der Waals surface area contributed by atoms with E-state index >= 15 is 0 Å². The van der Waals surface area contributed by atoms with E-state index in [0.29, 0.717) is 18.5 Å². The van der Waals surface area contributed by atoms with Crippen molar-refractivity contribution in [3.8, 4) is 0 Å². The molecular formula is C14H20N2O4S. The number of rotatable bonds is 4. The molecule has 1 aromatic rings. The highest BCUT2D eigenvalue weighted by atomic mass is 32.2. The van der Waals surface area contributed by atoms with Crippen LogP contribution in [0.3, 0.4) is 0 Å². The fourth-order valence-corrected chi connectivity index (χ4v) is 3.73. The zero-order valence-electron chi connectivity index (χ0n) is 12.2. The van der Waals surface area contributed by atoms with E-state index in [0.717, 1.165) is 11.1 Å². The molecule has 1 aromatic carbocycles. The molecule has 7 heteroatoms. The van der Waals surface area contributed by atoms with Gasteiger partial charge in [-0.3, -0.25) is 9.52 Å². The molecule has 2 rings (SSSR count). The quantitative estimate of drug-likeness (QED) is 0.887. The third kappa shape index (κ3) is 3.54. The van der Waals surface area contributed by atoms with Gasteiger partial charge in [0, 0.05) is 13.1 Å². The van der Waals surface area contributed by atoms with Gasteiger partial charge >= 0.3 is 16.2 Å². The summed E-state index contributed by atoms with van der Waals surface area (Å²) in [7, 11) is -3.63. The number of hydrogen-bond donors (Lipinski definition) is 2. The van der Waals surface area contributed by atoms with Crippen LogP contribution in [0.25, 0.3) is 0 Å². The number of aliphatic carboxylic acids is 1. The highest BCUT2D eigenvalue weighted by molar-refractivity contribution is 7.90. The van der Waals surface area contributed by atoms with Crippen LogP contribution in [0, 0.1) is 19.8 Å². The minimum Gasteiger partial charge on any atom is -0.481 e. The second-order valence-corrected chi connectivity index (χ2v) is 7.04. The highest BCUT2D eigenvalue weighted by Crippen LogP contribution is 2.23. The average molecular weight is 312 g/mol. The molecular weight excluding hydrogens is 292 g/mol. The maximum Gasteiger partial charge on any atom is 0.306 e. The van der Waals surface area contributed by atoms with Gasteiger partial charge in [-0.05, 0) is 43.9 Å². The van der Waals surface area contributed by atoms with Crippen molar-refractivity contribution in [3.05, 3.63) is 29.3 Å². The second-order valence-electron chi connectivity index (χ2n) is 5.37. The van der Waals surface area contributed by atoms with Crippen LogP contribution in [0.2, 0.25) is 0 Å². The largest absolute Gasteiger partial charge is 0.481 e. The summed E-state index contributed by atoms with van der Waals surface area (Å²) in [6, 6.07) is 5.45. The monoisotopic (exact) mass is 312 g/mol. The van der Waals surface area contributed by atoms with Crippen molar-refractivity contribution in [2.45, 2.75) is 26.7 Å². The summed E-state index contributed by atoms with van der Waals surface area (Å²) in [4.78, 5) is 10.9. The first-order chi connectivity index (χ1) is 9.81. The fourth-order valence-electron chi connectivity index (χ4n) is 2.41. The van der Waals surface area contributed by atoms with E-state index in [4.69, 9.17) is 5.11 Å². The first-order valence-electron chi connectivity index (χ1n) is 6.88. The topological polar surface area (TPSA) is 86.7 Å². The number of nitrogens with one attached hydrogen (secondary N) is 1. The first kappa shape index (κ1) is 15.8. The molecule has 0 spiro atoms.